The van der Waals surface area contributed by atoms with Gasteiger partial charge in [-0.1, -0.05) is 28.6 Å². The van der Waals surface area contributed by atoms with Crippen molar-refractivity contribution in [2.24, 2.45) is 4.99 Å². The highest BCUT2D eigenvalue weighted by atomic mass is 35.5. The minimum atomic E-state index is -0.765. The summed E-state index contributed by atoms with van der Waals surface area (Å²) in [5.41, 5.74) is 2.46. The van der Waals surface area contributed by atoms with Gasteiger partial charge >= 0.3 is 0 Å². The molecule has 0 unspecified atom stereocenters. The highest BCUT2D eigenvalue weighted by Gasteiger charge is 2.39. The molecule has 0 atom stereocenters. The van der Waals surface area contributed by atoms with Crippen LogP contribution in [-0.4, -0.2) is 17.6 Å². The van der Waals surface area contributed by atoms with Crippen molar-refractivity contribution in [2.45, 2.75) is 13.5 Å². The Labute approximate surface area is 160 Å². The van der Waals surface area contributed by atoms with Crippen LogP contribution >= 0.6 is 11.6 Å². The number of hydrogen-bond acceptors (Lipinski definition) is 4. The predicted octanol–water partition coefficient (Wildman–Crippen LogP) is 4.34. The Balaban J connectivity index is 1.68. The molecule has 0 amide bonds. The predicted molar refractivity (Wildman–Crippen MR) is 102 cm³/mol. The van der Waals surface area contributed by atoms with Gasteiger partial charge in [-0.05, 0) is 24.3 Å². The number of rotatable bonds is 3. The molecule has 1 radical (unpaired) electrons. The maximum atomic E-state index is 14.6. The molecule has 0 saturated heterocycles. The van der Waals surface area contributed by atoms with Gasteiger partial charge in [0.2, 0.25) is 6.67 Å². The molecule has 2 aromatic rings. The summed E-state index contributed by atoms with van der Waals surface area (Å²) in [4.78, 5) is 8.25. The summed E-state index contributed by atoms with van der Waals surface area (Å²) in [6.45, 7) is 1.56. The quantitative estimate of drug-likeness (QED) is 0.796. The second-order valence-electron chi connectivity index (χ2n) is 6.29. The molecule has 2 aromatic carbocycles. The zero-order valence-electron chi connectivity index (χ0n) is 14.5. The van der Waals surface area contributed by atoms with Crippen LogP contribution in [0.4, 0.5) is 14.5 Å². The highest BCUT2D eigenvalue weighted by molar-refractivity contribution is 6.30. The molecular weight excluding hydrogens is 372 g/mol. The van der Waals surface area contributed by atoms with Crippen molar-refractivity contribution < 1.29 is 13.9 Å². The van der Waals surface area contributed by atoms with Crippen LogP contribution in [0.25, 0.3) is 5.70 Å². The average Bonchev–Trinajstić information content (AvgIpc) is 2.98. The first-order chi connectivity index (χ1) is 13.0. The second kappa shape index (κ2) is 6.88. The Morgan fingerprint density at radius 1 is 1.26 bits per heavy atom. The number of hydrogen-bond donors (Lipinski definition) is 1. The third-order valence-electron chi connectivity index (χ3n) is 4.68. The van der Waals surface area contributed by atoms with E-state index < -0.39 is 18.2 Å². The molecule has 0 aliphatic carbocycles. The van der Waals surface area contributed by atoms with E-state index in [1.54, 1.807) is 23.2 Å². The van der Waals surface area contributed by atoms with E-state index in [4.69, 9.17) is 11.6 Å². The van der Waals surface area contributed by atoms with E-state index in [2.05, 4.69) is 4.99 Å². The van der Waals surface area contributed by atoms with Crippen LogP contribution in [0, 0.1) is 11.6 Å². The SMILES string of the molecule is CC1=C(c2cccc(Cl)c2)N=C2C=CN(c3ccc(F)c(CO)c3F)C[N+]21. The molecule has 2 heterocycles. The number of halogens is 3. The van der Waals surface area contributed by atoms with E-state index in [9.17, 15) is 13.9 Å². The summed E-state index contributed by atoms with van der Waals surface area (Å²) in [5.74, 6) is -0.787. The second-order valence-corrected chi connectivity index (χ2v) is 6.72. The van der Waals surface area contributed by atoms with E-state index in [0.717, 1.165) is 28.9 Å². The Kier molecular flexibility index (Phi) is 4.55. The van der Waals surface area contributed by atoms with Gasteiger partial charge in [0.15, 0.2) is 11.5 Å². The maximum Gasteiger partial charge on any atom is 0.285 e. The molecule has 0 aromatic heterocycles. The van der Waals surface area contributed by atoms with E-state index in [-0.39, 0.29) is 11.3 Å². The minimum absolute atomic E-state index is 0.194. The molecule has 1 N–H and O–H groups in total. The summed E-state index contributed by atoms with van der Waals surface area (Å²) < 4.78 is 28.3. The van der Waals surface area contributed by atoms with Crippen LogP contribution < -0.4 is 9.80 Å². The Morgan fingerprint density at radius 3 is 2.81 bits per heavy atom. The number of fused-ring (bicyclic) bond motifs is 1. The molecule has 0 bridgehead atoms. The molecule has 2 aliphatic heterocycles. The van der Waals surface area contributed by atoms with Crippen molar-refractivity contribution in [3.8, 4) is 0 Å². The van der Waals surface area contributed by atoms with Gasteiger partial charge in [0.1, 0.15) is 11.5 Å². The average molecular weight is 388 g/mol. The summed E-state index contributed by atoms with van der Waals surface area (Å²) >= 11 is 6.09. The Bertz CT molecular complexity index is 1020. The zero-order valence-corrected chi connectivity index (χ0v) is 15.2. The lowest BCUT2D eigenvalue weighted by Crippen LogP contribution is -2.44. The molecule has 4 nitrogen and oxygen atoms in total. The van der Waals surface area contributed by atoms with Crippen LogP contribution in [0.5, 0.6) is 0 Å². The first-order valence-electron chi connectivity index (χ1n) is 8.35. The number of benzene rings is 2. The fourth-order valence-electron chi connectivity index (χ4n) is 3.24. The Hall–Kier alpha value is -2.54. The van der Waals surface area contributed by atoms with Crippen molar-refractivity contribution in [1.29, 1.82) is 0 Å². The van der Waals surface area contributed by atoms with Crippen LogP contribution in [0.15, 0.2) is 59.4 Å². The van der Waals surface area contributed by atoms with Crippen molar-refractivity contribution in [3.05, 3.63) is 82.2 Å². The molecule has 27 heavy (non-hydrogen) atoms. The molecule has 0 saturated carbocycles. The van der Waals surface area contributed by atoms with Gasteiger partial charge < -0.3 is 5.11 Å². The number of aliphatic imine (C=N–C) groups is 1. The van der Waals surface area contributed by atoms with E-state index in [1.807, 2.05) is 30.0 Å². The van der Waals surface area contributed by atoms with E-state index in [0.29, 0.717) is 11.7 Å². The highest BCUT2D eigenvalue weighted by Crippen LogP contribution is 2.33. The smallest absolute Gasteiger partial charge is 0.285 e. The van der Waals surface area contributed by atoms with E-state index in [1.165, 1.54) is 6.07 Å². The first-order valence-corrected chi connectivity index (χ1v) is 8.73. The zero-order chi connectivity index (χ0) is 19.1. The lowest BCUT2D eigenvalue weighted by molar-refractivity contribution is 0.269. The van der Waals surface area contributed by atoms with Gasteiger partial charge in [0.25, 0.3) is 5.84 Å². The normalized spacial score (nSPS) is 16.8. The largest absolute Gasteiger partial charge is 0.391 e. The third kappa shape index (κ3) is 3.06. The summed E-state index contributed by atoms with van der Waals surface area (Å²) in [5, 5.41) is 9.86. The summed E-state index contributed by atoms with van der Waals surface area (Å²) in [6, 6.07) is 9.96. The topological polar surface area (TPSA) is 41.7 Å². The fraction of sp³-hybridized carbons (Fsp3) is 0.150. The van der Waals surface area contributed by atoms with Crippen LogP contribution in [0.1, 0.15) is 18.1 Å². The van der Waals surface area contributed by atoms with Gasteiger partial charge in [-0.3, -0.25) is 4.90 Å². The van der Waals surface area contributed by atoms with Crippen LogP contribution in [0.2, 0.25) is 5.02 Å². The number of aliphatic hydroxyl groups excluding tert-OH is 1. The lowest BCUT2D eigenvalue weighted by Gasteiger charge is -2.24. The molecule has 7 heteroatoms. The number of aliphatic hydroxyl groups is 1. The number of nitrogens with zero attached hydrogens (tertiary/aromatic N) is 3. The number of anilines is 1. The molecule has 4 rings (SSSR count). The monoisotopic (exact) mass is 387 g/mol. The van der Waals surface area contributed by atoms with Crippen molar-refractivity contribution in [2.75, 3.05) is 11.6 Å². The van der Waals surface area contributed by atoms with Crippen LogP contribution in [-0.2, 0) is 6.61 Å². The van der Waals surface area contributed by atoms with Gasteiger partial charge in [0, 0.05) is 29.8 Å². The van der Waals surface area contributed by atoms with E-state index >= 15 is 0 Å². The summed E-state index contributed by atoms with van der Waals surface area (Å²) in [7, 11) is 0. The minimum Gasteiger partial charge on any atom is -0.391 e. The van der Waals surface area contributed by atoms with Gasteiger partial charge in [-0.15, -0.1) is 0 Å². The number of allylic oxidation sites excluding steroid dienone is 1. The van der Waals surface area contributed by atoms with Crippen molar-refractivity contribution >= 4 is 28.8 Å². The van der Waals surface area contributed by atoms with Crippen molar-refractivity contribution in [1.82, 2.24) is 4.90 Å². The molecule has 137 valence electrons. The first kappa shape index (κ1) is 17.9. The van der Waals surface area contributed by atoms with Crippen LogP contribution in [0.3, 0.4) is 0 Å². The Morgan fingerprint density at radius 2 is 2.07 bits per heavy atom. The standard InChI is InChI=1S/C20H16ClF2N3O/c1-12-20(13-3-2-4-14(21)9-13)24-18-7-8-25(11-26(12)18)17-6-5-16(22)15(10-27)19(17)23/h2-9,27H,10-11H2,1H3/q+1. The third-order valence-corrected chi connectivity index (χ3v) is 4.91. The molecule has 0 spiro atoms. The van der Waals surface area contributed by atoms with Gasteiger partial charge in [0.05, 0.1) is 17.9 Å². The number of amidine groups is 1. The maximum absolute atomic E-state index is 14.6. The molecule has 0 fully saturated rings. The fourth-order valence-corrected chi connectivity index (χ4v) is 3.43. The summed E-state index contributed by atoms with van der Waals surface area (Å²) in [6.07, 6.45) is 3.47. The van der Waals surface area contributed by atoms with Gasteiger partial charge in [-0.25, -0.2) is 8.78 Å². The molecule has 2 aliphatic rings. The molecular formula is C20H16ClF2N3O+. The van der Waals surface area contributed by atoms with Crippen molar-refractivity contribution in [3.63, 3.8) is 0 Å². The van der Waals surface area contributed by atoms with Gasteiger partial charge in [-0.2, -0.15) is 4.99 Å². The lowest BCUT2D eigenvalue weighted by atomic mass is 10.1.